The van der Waals surface area contributed by atoms with Gasteiger partial charge in [0.1, 0.15) is 5.75 Å². The fraction of sp³-hybridized carbons (Fsp3) is 0.381. The third-order valence-electron chi connectivity index (χ3n) is 4.95. The molecule has 0 amide bonds. The summed E-state index contributed by atoms with van der Waals surface area (Å²) in [7, 11) is 3.17. The summed E-state index contributed by atoms with van der Waals surface area (Å²) >= 11 is 1.86. The van der Waals surface area contributed by atoms with E-state index < -0.39 is 5.41 Å². The monoisotopic (exact) mass is 356 g/mol. The fourth-order valence-corrected chi connectivity index (χ4v) is 4.62. The van der Waals surface area contributed by atoms with Crippen molar-refractivity contribution in [1.29, 1.82) is 0 Å². The zero-order valence-corrected chi connectivity index (χ0v) is 15.6. The summed E-state index contributed by atoms with van der Waals surface area (Å²) in [6, 6.07) is 16.5. The van der Waals surface area contributed by atoms with E-state index in [2.05, 4.69) is 24.3 Å². The third kappa shape index (κ3) is 4.01. The normalized spacial score (nSPS) is 14.8. The van der Waals surface area contributed by atoms with Crippen LogP contribution in [0.15, 0.2) is 48.5 Å². The summed E-state index contributed by atoms with van der Waals surface area (Å²) in [6.07, 6.45) is 2.42. The molecule has 0 saturated heterocycles. The molecule has 25 heavy (non-hydrogen) atoms. The zero-order chi connectivity index (χ0) is 17.7. The summed E-state index contributed by atoms with van der Waals surface area (Å²) in [5, 5.41) is 0. The van der Waals surface area contributed by atoms with E-state index in [9.17, 15) is 4.79 Å². The van der Waals surface area contributed by atoms with Crippen molar-refractivity contribution in [2.24, 2.45) is 5.41 Å². The van der Waals surface area contributed by atoms with E-state index in [-0.39, 0.29) is 5.97 Å². The molecule has 0 fully saturated rings. The molecule has 0 spiro atoms. The average Bonchev–Trinajstić information content (AvgIpc) is 3.05. The van der Waals surface area contributed by atoms with Crippen molar-refractivity contribution in [3.05, 3.63) is 65.2 Å². The highest BCUT2D eigenvalue weighted by molar-refractivity contribution is 7.98. The van der Waals surface area contributed by atoms with Gasteiger partial charge in [-0.1, -0.05) is 36.4 Å². The van der Waals surface area contributed by atoms with Gasteiger partial charge in [-0.2, -0.15) is 11.8 Å². The molecule has 0 saturated carbocycles. The number of carbonyl (C=O) groups excluding carboxylic acids is 1. The quantitative estimate of drug-likeness (QED) is 0.548. The van der Waals surface area contributed by atoms with Crippen molar-refractivity contribution in [2.45, 2.75) is 25.0 Å². The minimum atomic E-state index is -0.397. The van der Waals surface area contributed by atoms with Crippen LogP contribution < -0.4 is 4.74 Å². The van der Waals surface area contributed by atoms with E-state index in [1.54, 1.807) is 7.11 Å². The minimum Gasteiger partial charge on any atom is -0.497 e. The van der Waals surface area contributed by atoms with Gasteiger partial charge in [-0.15, -0.1) is 0 Å². The molecule has 2 aromatic carbocycles. The molecule has 3 rings (SSSR count). The maximum Gasteiger partial charge on any atom is 0.312 e. The number of methoxy groups -OCH3 is 2. The van der Waals surface area contributed by atoms with Gasteiger partial charge in [0.05, 0.1) is 19.6 Å². The summed E-state index contributed by atoms with van der Waals surface area (Å²) in [5.41, 5.74) is 3.44. The number of thioether (sulfide) groups is 1. The SMILES string of the molecule is COC(=O)C1(CCSCc2ccc(OC)cc2)Cc2ccccc2C1. The second-order valence-corrected chi connectivity index (χ2v) is 7.65. The Morgan fingerprint density at radius 3 is 2.24 bits per heavy atom. The highest BCUT2D eigenvalue weighted by Gasteiger charge is 2.44. The molecule has 132 valence electrons. The second-order valence-electron chi connectivity index (χ2n) is 6.54. The van der Waals surface area contributed by atoms with Gasteiger partial charge < -0.3 is 9.47 Å². The highest BCUT2D eigenvalue weighted by Crippen LogP contribution is 2.41. The van der Waals surface area contributed by atoms with Gasteiger partial charge in [-0.25, -0.2) is 0 Å². The Labute approximate surface area is 153 Å². The zero-order valence-electron chi connectivity index (χ0n) is 14.8. The number of carbonyl (C=O) groups is 1. The summed E-state index contributed by atoms with van der Waals surface area (Å²) < 4.78 is 10.3. The molecule has 1 aliphatic carbocycles. The smallest absolute Gasteiger partial charge is 0.312 e. The van der Waals surface area contributed by atoms with Crippen LogP contribution in [-0.2, 0) is 28.1 Å². The molecule has 0 aliphatic heterocycles. The van der Waals surface area contributed by atoms with Gasteiger partial charge in [0.25, 0.3) is 0 Å². The maximum atomic E-state index is 12.5. The summed E-state index contributed by atoms with van der Waals surface area (Å²) in [6.45, 7) is 0. The topological polar surface area (TPSA) is 35.5 Å². The predicted molar refractivity (Wildman–Crippen MR) is 102 cm³/mol. The number of rotatable bonds is 7. The Kier molecular flexibility index (Phi) is 5.69. The van der Waals surface area contributed by atoms with Crippen molar-refractivity contribution in [3.8, 4) is 5.75 Å². The number of hydrogen-bond donors (Lipinski definition) is 0. The molecule has 0 heterocycles. The molecule has 0 N–H and O–H groups in total. The minimum absolute atomic E-state index is 0.0752. The van der Waals surface area contributed by atoms with E-state index in [0.29, 0.717) is 0 Å². The third-order valence-corrected chi connectivity index (χ3v) is 5.98. The van der Waals surface area contributed by atoms with E-state index >= 15 is 0 Å². The first-order valence-corrected chi connectivity index (χ1v) is 9.68. The molecule has 0 radical (unpaired) electrons. The maximum absolute atomic E-state index is 12.5. The van der Waals surface area contributed by atoms with Crippen molar-refractivity contribution in [1.82, 2.24) is 0 Å². The molecular weight excluding hydrogens is 332 g/mol. The van der Waals surface area contributed by atoms with E-state index in [1.807, 2.05) is 36.0 Å². The molecule has 0 unspecified atom stereocenters. The molecule has 0 aromatic heterocycles. The van der Waals surface area contributed by atoms with Gasteiger partial charge >= 0.3 is 5.97 Å². The van der Waals surface area contributed by atoms with Gasteiger partial charge in [-0.05, 0) is 53.8 Å². The lowest BCUT2D eigenvalue weighted by Crippen LogP contribution is -2.34. The molecular formula is C21H24O3S. The van der Waals surface area contributed by atoms with E-state index in [4.69, 9.17) is 9.47 Å². The Hall–Kier alpha value is -1.94. The predicted octanol–water partition coefficient (Wildman–Crippen LogP) is 4.28. The van der Waals surface area contributed by atoms with Gasteiger partial charge in [0.15, 0.2) is 0 Å². The van der Waals surface area contributed by atoms with Gasteiger partial charge in [0, 0.05) is 5.75 Å². The number of esters is 1. The van der Waals surface area contributed by atoms with Crippen molar-refractivity contribution in [2.75, 3.05) is 20.0 Å². The standard InChI is InChI=1S/C21H24O3S/c1-23-19-9-7-16(8-10-19)15-25-12-11-21(20(22)24-2)13-17-5-3-4-6-18(17)14-21/h3-10H,11-15H2,1-2H3. The number of hydrogen-bond acceptors (Lipinski definition) is 4. The lowest BCUT2D eigenvalue weighted by molar-refractivity contribution is -0.152. The highest BCUT2D eigenvalue weighted by atomic mass is 32.2. The molecule has 4 heteroatoms. The Morgan fingerprint density at radius 1 is 1.04 bits per heavy atom. The lowest BCUT2D eigenvalue weighted by Gasteiger charge is -2.25. The van der Waals surface area contributed by atoms with E-state index in [0.717, 1.165) is 36.5 Å². The van der Waals surface area contributed by atoms with Gasteiger partial charge in [0.2, 0.25) is 0 Å². The first-order valence-electron chi connectivity index (χ1n) is 8.53. The second kappa shape index (κ2) is 7.96. The average molecular weight is 356 g/mol. The van der Waals surface area contributed by atoms with Crippen LogP contribution in [0.1, 0.15) is 23.1 Å². The first kappa shape index (κ1) is 17.9. The first-order chi connectivity index (χ1) is 12.2. The largest absolute Gasteiger partial charge is 0.497 e. The van der Waals surface area contributed by atoms with Gasteiger partial charge in [-0.3, -0.25) is 4.79 Å². The summed E-state index contributed by atoms with van der Waals surface area (Å²) in [4.78, 5) is 12.5. The van der Waals surface area contributed by atoms with Crippen LogP contribution in [0.4, 0.5) is 0 Å². The van der Waals surface area contributed by atoms with Crippen LogP contribution in [0.25, 0.3) is 0 Å². The fourth-order valence-electron chi connectivity index (χ4n) is 3.51. The van der Waals surface area contributed by atoms with Crippen molar-refractivity contribution < 1.29 is 14.3 Å². The van der Waals surface area contributed by atoms with Crippen molar-refractivity contribution >= 4 is 17.7 Å². The number of ether oxygens (including phenoxy) is 2. The van der Waals surface area contributed by atoms with Crippen LogP contribution in [0.3, 0.4) is 0 Å². The Bertz CT molecular complexity index is 699. The molecule has 0 atom stereocenters. The van der Waals surface area contributed by atoms with Crippen molar-refractivity contribution in [3.63, 3.8) is 0 Å². The number of fused-ring (bicyclic) bond motifs is 1. The van der Waals surface area contributed by atoms with Crippen LogP contribution >= 0.6 is 11.8 Å². The van der Waals surface area contributed by atoms with Crippen LogP contribution in [0, 0.1) is 5.41 Å². The molecule has 1 aliphatic rings. The Morgan fingerprint density at radius 2 is 1.68 bits per heavy atom. The molecule has 2 aromatic rings. The van der Waals surface area contributed by atoms with Crippen LogP contribution in [-0.4, -0.2) is 25.9 Å². The summed E-state index contributed by atoms with van der Waals surface area (Å²) in [5.74, 6) is 2.68. The Balaban J connectivity index is 1.58. The number of benzene rings is 2. The van der Waals surface area contributed by atoms with Crippen LogP contribution in [0.5, 0.6) is 5.75 Å². The van der Waals surface area contributed by atoms with Crippen LogP contribution in [0.2, 0.25) is 0 Å². The lowest BCUT2D eigenvalue weighted by atomic mass is 9.82. The van der Waals surface area contributed by atoms with E-state index in [1.165, 1.54) is 23.8 Å². The molecule has 0 bridgehead atoms. The molecule has 3 nitrogen and oxygen atoms in total.